The lowest BCUT2D eigenvalue weighted by atomic mass is 10.0. The van der Waals surface area contributed by atoms with Crippen molar-refractivity contribution in [3.05, 3.63) is 12.8 Å². The number of cyclic esters (lactones) is 1. The molecule has 2 fully saturated rings. The van der Waals surface area contributed by atoms with E-state index < -0.39 is 0 Å². The predicted molar refractivity (Wildman–Crippen MR) is 63.9 cm³/mol. The average molecular weight is 254 g/mol. The number of hydrogen-bond donors (Lipinski definition) is 0. The lowest BCUT2D eigenvalue weighted by molar-refractivity contribution is 0.0380. The molecule has 2 amide bonds. The van der Waals surface area contributed by atoms with Gasteiger partial charge in [0.25, 0.3) is 0 Å². The maximum Gasteiger partial charge on any atom is 0.414 e. The summed E-state index contributed by atoms with van der Waals surface area (Å²) in [5.41, 5.74) is 0. The second kappa shape index (κ2) is 5.75. The minimum absolute atomic E-state index is 0.172. The Bertz CT molecular complexity index is 337. The molecule has 0 aromatic carbocycles. The molecule has 2 saturated heterocycles. The van der Waals surface area contributed by atoms with Crippen molar-refractivity contribution in [2.45, 2.75) is 25.3 Å². The molecule has 0 saturated carbocycles. The van der Waals surface area contributed by atoms with Gasteiger partial charge in [-0.25, -0.2) is 9.59 Å². The van der Waals surface area contributed by atoms with Gasteiger partial charge in [0, 0.05) is 25.7 Å². The highest BCUT2D eigenvalue weighted by molar-refractivity contribution is 5.69. The Morgan fingerprint density at radius 3 is 2.72 bits per heavy atom. The van der Waals surface area contributed by atoms with E-state index in [4.69, 9.17) is 9.47 Å². The Hall–Kier alpha value is -1.72. The van der Waals surface area contributed by atoms with Crippen molar-refractivity contribution >= 4 is 12.2 Å². The molecule has 2 aliphatic heterocycles. The fourth-order valence-electron chi connectivity index (χ4n) is 2.41. The third kappa shape index (κ3) is 2.75. The van der Waals surface area contributed by atoms with Crippen LogP contribution in [0, 0.1) is 0 Å². The van der Waals surface area contributed by atoms with E-state index in [1.54, 1.807) is 9.80 Å². The molecule has 0 radical (unpaired) electrons. The zero-order valence-corrected chi connectivity index (χ0v) is 10.3. The Kier molecular flexibility index (Phi) is 4.07. The molecule has 0 atom stereocenters. The summed E-state index contributed by atoms with van der Waals surface area (Å²) in [7, 11) is 0. The van der Waals surface area contributed by atoms with Crippen molar-refractivity contribution < 1.29 is 19.1 Å². The summed E-state index contributed by atoms with van der Waals surface area (Å²) in [5, 5.41) is 0. The predicted octanol–water partition coefficient (Wildman–Crippen LogP) is 1.57. The molecule has 6 heteroatoms. The summed E-state index contributed by atoms with van der Waals surface area (Å²) in [6.07, 6.45) is 2.95. The molecule has 2 heterocycles. The zero-order valence-electron chi connectivity index (χ0n) is 10.3. The number of likely N-dealkylation sites (tertiary alicyclic amines) is 1. The van der Waals surface area contributed by atoms with Crippen LogP contribution in [0.1, 0.15) is 19.3 Å². The van der Waals surface area contributed by atoms with E-state index in [-0.39, 0.29) is 18.2 Å². The van der Waals surface area contributed by atoms with E-state index in [2.05, 4.69) is 6.58 Å². The molecule has 18 heavy (non-hydrogen) atoms. The van der Waals surface area contributed by atoms with Crippen molar-refractivity contribution in [1.82, 2.24) is 9.80 Å². The standard InChI is InChI=1S/C12H18N2O4/c1-2-17-11(15)13-7-4-10(5-8-13)14-6-3-9-18-12(14)16/h2,10H,1,3-9H2. The monoisotopic (exact) mass is 254 g/mol. The minimum atomic E-state index is -0.371. The van der Waals surface area contributed by atoms with Crippen LogP contribution in [0.15, 0.2) is 12.8 Å². The third-order valence-electron chi connectivity index (χ3n) is 3.35. The first-order chi connectivity index (χ1) is 8.72. The zero-order chi connectivity index (χ0) is 13.0. The molecule has 0 aromatic heterocycles. The molecular formula is C12H18N2O4. The first-order valence-electron chi connectivity index (χ1n) is 6.22. The maximum absolute atomic E-state index is 11.6. The van der Waals surface area contributed by atoms with Crippen molar-refractivity contribution in [2.24, 2.45) is 0 Å². The van der Waals surface area contributed by atoms with Gasteiger partial charge in [-0.15, -0.1) is 0 Å². The molecule has 2 rings (SSSR count). The summed E-state index contributed by atoms with van der Waals surface area (Å²) >= 11 is 0. The van der Waals surface area contributed by atoms with Gasteiger partial charge in [-0.05, 0) is 19.3 Å². The fourth-order valence-corrected chi connectivity index (χ4v) is 2.41. The third-order valence-corrected chi connectivity index (χ3v) is 3.35. The Morgan fingerprint density at radius 1 is 1.39 bits per heavy atom. The number of carbonyl (C=O) groups excluding carboxylic acids is 2. The van der Waals surface area contributed by atoms with Crippen molar-refractivity contribution in [2.75, 3.05) is 26.2 Å². The summed E-state index contributed by atoms with van der Waals surface area (Å²) in [6, 6.07) is 0.172. The van der Waals surface area contributed by atoms with Gasteiger partial charge < -0.3 is 19.3 Å². The molecular weight excluding hydrogens is 236 g/mol. The van der Waals surface area contributed by atoms with Crippen LogP contribution < -0.4 is 0 Å². The van der Waals surface area contributed by atoms with Crippen LogP contribution in [0.2, 0.25) is 0 Å². The van der Waals surface area contributed by atoms with Crippen molar-refractivity contribution in [3.8, 4) is 0 Å². The van der Waals surface area contributed by atoms with Gasteiger partial charge in [-0.1, -0.05) is 6.58 Å². The van der Waals surface area contributed by atoms with Crippen LogP contribution in [0.5, 0.6) is 0 Å². The molecule has 0 aliphatic carbocycles. The van der Waals surface area contributed by atoms with E-state index in [1.165, 1.54) is 0 Å². The molecule has 100 valence electrons. The van der Waals surface area contributed by atoms with Crippen molar-refractivity contribution in [3.63, 3.8) is 0 Å². The van der Waals surface area contributed by atoms with Gasteiger partial charge in [0.1, 0.15) is 0 Å². The first-order valence-corrected chi connectivity index (χ1v) is 6.22. The van der Waals surface area contributed by atoms with E-state index in [1.807, 2.05) is 0 Å². The molecule has 6 nitrogen and oxygen atoms in total. The van der Waals surface area contributed by atoms with E-state index >= 15 is 0 Å². The van der Waals surface area contributed by atoms with Gasteiger partial charge in [-0.2, -0.15) is 0 Å². The van der Waals surface area contributed by atoms with Gasteiger partial charge in [-0.3, -0.25) is 0 Å². The number of rotatable bonds is 2. The van der Waals surface area contributed by atoms with Crippen molar-refractivity contribution in [1.29, 1.82) is 0 Å². The minimum Gasteiger partial charge on any atom is -0.449 e. The molecule has 0 bridgehead atoms. The van der Waals surface area contributed by atoms with Crippen LogP contribution in [-0.2, 0) is 9.47 Å². The van der Waals surface area contributed by atoms with Crippen LogP contribution in [0.4, 0.5) is 9.59 Å². The number of amides is 2. The smallest absolute Gasteiger partial charge is 0.414 e. The molecule has 0 aromatic rings. The van der Waals surface area contributed by atoms with E-state index in [0.29, 0.717) is 19.7 Å². The molecule has 0 N–H and O–H groups in total. The number of piperidine rings is 1. The Morgan fingerprint density at radius 2 is 2.11 bits per heavy atom. The second-order valence-corrected chi connectivity index (χ2v) is 4.43. The van der Waals surface area contributed by atoms with E-state index in [9.17, 15) is 9.59 Å². The Labute approximate surface area is 106 Å². The summed E-state index contributed by atoms with van der Waals surface area (Å²) in [6.45, 7) is 5.82. The van der Waals surface area contributed by atoms with Gasteiger partial charge in [0.05, 0.1) is 12.9 Å². The SMILES string of the molecule is C=COC(=O)N1CCC(N2CCCOC2=O)CC1. The van der Waals surface area contributed by atoms with Crippen LogP contribution in [0.25, 0.3) is 0 Å². The highest BCUT2D eigenvalue weighted by Gasteiger charge is 2.32. The average Bonchev–Trinajstić information content (AvgIpc) is 2.40. The number of ether oxygens (including phenoxy) is 2. The van der Waals surface area contributed by atoms with Crippen LogP contribution in [-0.4, -0.2) is 54.3 Å². The summed E-state index contributed by atoms with van der Waals surface area (Å²) in [5.74, 6) is 0. The number of hydrogen-bond acceptors (Lipinski definition) is 4. The molecule has 0 spiro atoms. The first kappa shape index (κ1) is 12.7. The normalized spacial score (nSPS) is 21.4. The lowest BCUT2D eigenvalue weighted by Crippen LogP contribution is -2.50. The topological polar surface area (TPSA) is 59.1 Å². The highest BCUT2D eigenvalue weighted by atomic mass is 16.6. The highest BCUT2D eigenvalue weighted by Crippen LogP contribution is 2.20. The van der Waals surface area contributed by atoms with Gasteiger partial charge in [0.2, 0.25) is 0 Å². The Balaban J connectivity index is 1.84. The van der Waals surface area contributed by atoms with Crippen LogP contribution >= 0.6 is 0 Å². The quantitative estimate of drug-likeness (QED) is 0.702. The van der Waals surface area contributed by atoms with Crippen LogP contribution in [0.3, 0.4) is 0 Å². The molecule has 2 aliphatic rings. The van der Waals surface area contributed by atoms with Gasteiger partial charge >= 0.3 is 12.2 Å². The number of nitrogens with zero attached hydrogens (tertiary/aromatic N) is 2. The van der Waals surface area contributed by atoms with E-state index in [0.717, 1.165) is 32.1 Å². The summed E-state index contributed by atoms with van der Waals surface area (Å²) < 4.78 is 9.75. The fraction of sp³-hybridized carbons (Fsp3) is 0.667. The number of carbonyl (C=O) groups is 2. The molecule has 0 unspecified atom stereocenters. The summed E-state index contributed by atoms with van der Waals surface area (Å²) in [4.78, 5) is 26.5. The van der Waals surface area contributed by atoms with Gasteiger partial charge in [0.15, 0.2) is 0 Å². The lowest BCUT2D eigenvalue weighted by Gasteiger charge is -2.38. The maximum atomic E-state index is 11.6. The second-order valence-electron chi connectivity index (χ2n) is 4.43. The largest absolute Gasteiger partial charge is 0.449 e.